The Morgan fingerprint density at radius 3 is 2.84 bits per heavy atom. The van der Waals surface area contributed by atoms with Crippen molar-refractivity contribution in [2.45, 2.75) is 25.3 Å². The molecule has 1 aliphatic rings. The highest BCUT2D eigenvalue weighted by Crippen LogP contribution is 2.10. The summed E-state index contributed by atoms with van der Waals surface area (Å²) < 4.78 is 5.60. The summed E-state index contributed by atoms with van der Waals surface area (Å²) in [7, 11) is 1.84. The molecule has 1 amide bonds. The van der Waals surface area contributed by atoms with Gasteiger partial charge in [0.2, 0.25) is 5.91 Å². The zero-order valence-corrected chi connectivity index (χ0v) is 11.5. The van der Waals surface area contributed by atoms with E-state index in [0.29, 0.717) is 13.2 Å². The number of rotatable bonds is 5. The molecule has 4 heteroatoms. The number of para-hydroxylation sites is 1. The van der Waals surface area contributed by atoms with Crippen LogP contribution in [-0.2, 0) is 4.79 Å². The van der Waals surface area contributed by atoms with Crippen LogP contribution in [-0.4, -0.2) is 43.6 Å². The lowest BCUT2D eigenvalue weighted by molar-refractivity contribution is -0.133. The van der Waals surface area contributed by atoms with E-state index in [1.807, 2.05) is 37.4 Å². The van der Waals surface area contributed by atoms with Gasteiger partial charge in [-0.15, -0.1) is 0 Å². The lowest BCUT2D eigenvalue weighted by atomic mass is 10.0. The predicted octanol–water partition coefficient (Wildman–Crippen LogP) is 1.67. The first-order chi connectivity index (χ1) is 9.27. The fraction of sp³-hybridized carbons (Fsp3) is 0.533. The number of amides is 1. The van der Waals surface area contributed by atoms with E-state index in [1.54, 1.807) is 4.90 Å². The van der Waals surface area contributed by atoms with Crippen molar-refractivity contribution in [3.63, 3.8) is 0 Å². The number of benzene rings is 1. The topological polar surface area (TPSA) is 41.6 Å². The van der Waals surface area contributed by atoms with Crippen molar-refractivity contribution in [1.82, 2.24) is 10.2 Å². The number of likely N-dealkylation sites (N-methyl/N-ethyl adjacent to an activating group) is 1. The van der Waals surface area contributed by atoms with Gasteiger partial charge in [-0.25, -0.2) is 0 Å². The van der Waals surface area contributed by atoms with E-state index in [9.17, 15) is 4.79 Å². The normalized spacial score (nSPS) is 18.9. The maximum Gasteiger partial charge on any atom is 0.239 e. The second-order valence-corrected chi connectivity index (χ2v) is 4.92. The van der Waals surface area contributed by atoms with Gasteiger partial charge in [-0.1, -0.05) is 24.6 Å². The van der Waals surface area contributed by atoms with E-state index in [2.05, 4.69) is 5.32 Å². The lowest BCUT2D eigenvalue weighted by Gasteiger charge is -2.27. The molecule has 0 saturated carbocycles. The molecule has 1 aromatic carbocycles. The van der Waals surface area contributed by atoms with Gasteiger partial charge in [-0.2, -0.15) is 0 Å². The number of carbonyl (C=O) groups excluding carboxylic acids is 1. The second kappa shape index (κ2) is 7.14. The van der Waals surface area contributed by atoms with Gasteiger partial charge >= 0.3 is 0 Å². The number of nitrogens with zero attached hydrogens (tertiary/aromatic N) is 1. The Bertz CT molecular complexity index is 388. The van der Waals surface area contributed by atoms with Crippen LogP contribution in [0.2, 0.25) is 0 Å². The van der Waals surface area contributed by atoms with Crippen LogP contribution in [0.25, 0.3) is 0 Å². The molecule has 0 spiro atoms. The van der Waals surface area contributed by atoms with Crippen molar-refractivity contribution in [1.29, 1.82) is 0 Å². The van der Waals surface area contributed by atoms with E-state index < -0.39 is 0 Å². The Hall–Kier alpha value is -1.55. The van der Waals surface area contributed by atoms with Gasteiger partial charge in [-0.3, -0.25) is 4.79 Å². The number of carbonyl (C=O) groups is 1. The second-order valence-electron chi connectivity index (χ2n) is 4.92. The molecular weight excluding hydrogens is 240 g/mol. The lowest BCUT2D eigenvalue weighted by Crippen LogP contribution is -2.48. The monoisotopic (exact) mass is 262 g/mol. The number of hydrogen-bond acceptors (Lipinski definition) is 3. The third kappa shape index (κ3) is 4.24. The van der Waals surface area contributed by atoms with Crippen molar-refractivity contribution in [2.75, 3.05) is 26.7 Å². The first kappa shape index (κ1) is 13.9. The molecule has 19 heavy (non-hydrogen) atoms. The molecule has 1 N–H and O–H groups in total. The van der Waals surface area contributed by atoms with Crippen LogP contribution in [0.3, 0.4) is 0 Å². The molecular formula is C15H22N2O2. The minimum Gasteiger partial charge on any atom is -0.492 e. The molecule has 0 radical (unpaired) electrons. The molecule has 0 unspecified atom stereocenters. The van der Waals surface area contributed by atoms with Crippen LogP contribution in [0.1, 0.15) is 19.3 Å². The summed E-state index contributed by atoms with van der Waals surface area (Å²) in [6.07, 6.45) is 3.26. The minimum absolute atomic E-state index is 0.00419. The predicted molar refractivity (Wildman–Crippen MR) is 75.2 cm³/mol. The minimum atomic E-state index is -0.00419. The first-order valence-electron chi connectivity index (χ1n) is 6.93. The fourth-order valence-electron chi connectivity index (χ4n) is 2.26. The molecule has 1 atom stereocenters. The van der Waals surface area contributed by atoms with Crippen LogP contribution in [0, 0.1) is 0 Å². The smallest absolute Gasteiger partial charge is 0.239 e. The summed E-state index contributed by atoms with van der Waals surface area (Å²) in [6.45, 7) is 2.09. The van der Waals surface area contributed by atoms with Crippen LogP contribution in [0.4, 0.5) is 0 Å². The molecule has 1 aromatic rings. The van der Waals surface area contributed by atoms with Gasteiger partial charge in [0.25, 0.3) is 0 Å². The third-order valence-corrected chi connectivity index (χ3v) is 3.42. The summed E-state index contributed by atoms with van der Waals surface area (Å²) >= 11 is 0. The molecule has 0 aliphatic carbocycles. The van der Waals surface area contributed by atoms with Crippen molar-refractivity contribution in [3.05, 3.63) is 30.3 Å². The maximum absolute atomic E-state index is 12.1. The quantitative estimate of drug-likeness (QED) is 0.877. The highest BCUT2D eigenvalue weighted by Gasteiger charge is 2.23. The van der Waals surface area contributed by atoms with Gasteiger partial charge in [0, 0.05) is 7.05 Å². The zero-order valence-electron chi connectivity index (χ0n) is 11.5. The molecule has 1 fully saturated rings. The molecule has 4 nitrogen and oxygen atoms in total. The Balaban J connectivity index is 1.71. The number of nitrogens with one attached hydrogen (secondary N) is 1. The van der Waals surface area contributed by atoms with Gasteiger partial charge in [0.05, 0.1) is 12.6 Å². The van der Waals surface area contributed by atoms with Gasteiger partial charge in [0.15, 0.2) is 0 Å². The van der Waals surface area contributed by atoms with Crippen LogP contribution >= 0.6 is 0 Å². The molecule has 104 valence electrons. The summed E-state index contributed by atoms with van der Waals surface area (Å²) in [4.78, 5) is 13.9. The fourth-order valence-corrected chi connectivity index (χ4v) is 2.26. The first-order valence-corrected chi connectivity index (χ1v) is 6.93. The molecule has 1 saturated heterocycles. The average molecular weight is 262 g/mol. The Kier molecular flexibility index (Phi) is 5.21. The van der Waals surface area contributed by atoms with Crippen molar-refractivity contribution in [3.8, 4) is 5.75 Å². The highest BCUT2D eigenvalue weighted by atomic mass is 16.5. The largest absolute Gasteiger partial charge is 0.492 e. The summed E-state index contributed by atoms with van der Waals surface area (Å²) in [5, 5.41) is 3.28. The maximum atomic E-state index is 12.1. The van der Waals surface area contributed by atoms with Crippen LogP contribution in [0.5, 0.6) is 5.75 Å². The summed E-state index contributed by atoms with van der Waals surface area (Å²) in [6, 6.07) is 9.67. The van der Waals surface area contributed by atoms with Gasteiger partial charge in [-0.05, 0) is 31.5 Å². The standard InChI is InChI=1S/C15H22N2O2/c1-17(15(18)14-9-5-6-10-16-14)11-12-19-13-7-3-2-4-8-13/h2-4,7-8,14,16H,5-6,9-12H2,1H3/t14-/m0/s1. The highest BCUT2D eigenvalue weighted by molar-refractivity contribution is 5.81. The molecule has 1 aliphatic heterocycles. The van der Waals surface area contributed by atoms with Crippen molar-refractivity contribution >= 4 is 5.91 Å². The van der Waals surface area contributed by atoms with E-state index in [1.165, 1.54) is 6.42 Å². The Labute approximate surface area is 114 Å². The number of ether oxygens (including phenoxy) is 1. The Morgan fingerprint density at radius 1 is 1.37 bits per heavy atom. The van der Waals surface area contributed by atoms with Crippen molar-refractivity contribution in [2.24, 2.45) is 0 Å². The number of piperidine rings is 1. The van der Waals surface area contributed by atoms with Crippen LogP contribution < -0.4 is 10.1 Å². The van der Waals surface area contributed by atoms with Crippen molar-refractivity contribution < 1.29 is 9.53 Å². The molecule has 2 rings (SSSR count). The third-order valence-electron chi connectivity index (χ3n) is 3.42. The Morgan fingerprint density at radius 2 is 2.16 bits per heavy atom. The number of hydrogen-bond donors (Lipinski definition) is 1. The van der Waals surface area contributed by atoms with E-state index in [4.69, 9.17) is 4.74 Å². The van der Waals surface area contributed by atoms with Crippen LogP contribution in [0.15, 0.2) is 30.3 Å². The van der Waals surface area contributed by atoms with E-state index in [0.717, 1.165) is 25.1 Å². The summed E-state index contributed by atoms with van der Waals surface area (Å²) in [5.74, 6) is 1.02. The zero-order chi connectivity index (χ0) is 13.5. The summed E-state index contributed by atoms with van der Waals surface area (Å²) in [5.41, 5.74) is 0. The van der Waals surface area contributed by atoms with Gasteiger partial charge in [0.1, 0.15) is 12.4 Å². The van der Waals surface area contributed by atoms with E-state index >= 15 is 0 Å². The van der Waals surface area contributed by atoms with Gasteiger partial charge < -0.3 is 15.0 Å². The van der Waals surface area contributed by atoms with E-state index in [-0.39, 0.29) is 11.9 Å². The molecule has 0 aromatic heterocycles. The average Bonchev–Trinajstić information content (AvgIpc) is 2.48. The molecule has 1 heterocycles. The SMILES string of the molecule is CN(CCOc1ccccc1)C(=O)[C@@H]1CCCCN1. The molecule has 0 bridgehead atoms.